The van der Waals surface area contributed by atoms with Gasteiger partial charge in [0.25, 0.3) is 0 Å². The molecule has 0 aromatic carbocycles. The molecule has 3 heteroatoms. The van der Waals surface area contributed by atoms with Crippen molar-refractivity contribution in [2.45, 2.75) is 92.0 Å². The molecule has 2 nitrogen and oxygen atoms in total. The molecule has 144 valence electrons. The summed E-state index contributed by atoms with van der Waals surface area (Å²) in [4.78, 5) is 12.3. The van der Waals surface area contributed by atoms with E-state index < -0.39 is 8.32 Å². The van der Waals surface area contributed by atoms with Crippen LogP contribution >= 0.6 is 0 Å². The third-order valence-electron chi connectivity index (χ3n) is 6.94. The van der Waals surface area contributed by atoms with Crippen LogP contribution in [0.2, 0.25) is 19.6 Å². The van der Waals surface area contributed by atoms with E-state index in [4.69, 9.17) is 4.43 Å². The van der Waals surface area contributed by atoms with E-state index in [9.17, 15) is 4.79 Å². The second-order valence-electron chi connectivity index (χ2n) is 10.4. The van der Waals surface area contributed by atoms with Gasteiger partial charge in [-0.1, -0.05) is 32.9 Å². The molecule has 2 fully saturated rings. The van der Waals surface area contributed by atoms with E-state index in [-0.39, 0.29) is 11.0 Å². The Morgan fingerprint density at radius 2 is 1.84 bits per heavy atom. The molecule has 0 N–H and O–H groups in total. The molecule has 0 heterocycles. The fraction of sp³-hybridized carbons (Fsp3) is 0.864. The summed E-state index contributed by atoms with van der Waals surface area (Å²) in [6.45, 7) is 18.2. The molecule has 0 aliphatic heterocycles. The van der Waals surface area contributed by atoms with Crippen molar-refractivity contribution in [2.75, 3.05) is 0 Å². The van der Waals surface area contributed by atoms with Crippen LogP contribution in [0.1, 0.15) is 66.7 Å². The smallest absolute Gasteiger partial charge is 0.184 e. The molecule has 0 aromatic heterocycles. The minimum absolute atomic E-state index is 0.121. The summed E-state index contributed by atoms with van der Waals surface area (Å²) >= 11 is 0. The molecule has 0 radical (unpaired) electrons. The number of allylic oxidation sites excluding steroid dienone is 1. The van der Waals surface area contributed by atoms with Gasteiger partial charge in [-0.25, -0.2) is 0 Å². The zero-order chi connectivity index (χ0) is 19.0. The number of hydrogen-bond donors (Lipinski definition) is 0. The molecule has 2 aliphatic carbocycles. The molecule has 0 amide bonds. The van der Waals surface area contributed by atoms with Gasteiger partial charge in [0.1, 0.15) is 5.78 Å². The van der Waals surface area contributed by atoms with E-state index >= 15 is 0 Å². The summed E-state index contributed by atoms with van der Waals surface area (Å²) in [5.41, 5.74) is 0.107. The van der Waals surface area contributed by atoms with E-state index in [0.717, 1.165) is 19.3 Å². The SMILES string of the molecule is C[C@H](C=C[C@H](C)[C@H]1CC[C@H]2C(=O)CCC[C@]12C)C(C)(C)O[Si](C)(C)C. The number of rotatable bonds is 6. The van der Waals surface area contributed by atoms with Crippen LogP contribution in [0.3, 0.4) is 0 Å². The maximum atomic E-state index is 12.3. The van der Waals surface area contributed by atoms with Crippen molar-refractivity contribution in [3.8, 4) is 0 Å². The first-order chi connectivity index (χ1) is 11.4. The van der Waals surface area contributed by atoms with E-state index in [1.807, 2.05) is 0 Å². The van der Waals surface area contributed by atoms with E-state index in [1.54, 1.807) is 0 Å². The highest BCUT2D eigenvalue weighted by molar-refractivity contribution is 6.69. The van der Waals surface area contributed by atoms with Crippen LogP contribution in [0.15, 0.2) is 12.2 Å². The van der Waals surface area contributed by atoms with Crippen LogP contribution in [0.25, 0.3) is 0 Å². The maximum Gasteiger partial charge on any atom is 0.184 e. The average Bonchev–Trinajstić information content (AvgIpc) is 2.80. The monoisotopic (exact) mass is 364 g/mol. The van der Waals surface area contributed by atoms with Gasteiger partial charge in [0, 0.05) is 18.3 Å². The largest absolute Gasteiger partial charge is 0.412 e. The van der Waals surface area contributed by atoms with Gasteiger partial charge in [-0.15, -0.1) is 0 Å². The molecule has 0 spiro atoms. The predicted octanol–water partition coefficient (Wildman–Crippen LogP) is 6.23. The molecule has 5 atom stereocenters. The third-order valence-corrected chi connectivity index (χ3v) is 8.08. The first-order valence-electron chi connectivity index (χ1n) is 10.3. The molecule has 0 saturated heterocycles. The summed E-state index contributed by atoms with van der Waals surface area (Å²) < 4.78 is 6.41. The Bertz CT molecular complexity index is 517. The number of fused-ring (bicyclic) bond motifs is 1. The lowest BCUT2D eigenvalue weighted by Crippen LogP contribution is -2.42. The highest BCUT2D eigenvalue weighted by Crippen LogP contribution is 2.56. The quantitative estimate of drug-likeness (QED) is 0.412. The Morgan fingerprint density at radius 3 is 2.44 bits per heavy atom. The molecule has 2 rings (SSSR count). The van der Waals surface area contributed by atoms with Crippen LogP contribution in [0.5, 0.6) is 0 Å². The van der Waals surface area contributed by atoms with Gasteiger partial charge < -0.3 is 4.43 Å². The fourth-order valence-corrected chi connectivity index (χ4v) is 7.19. The van der Waals surface area contributed by atoms with Gasteiger partial charge in [-0.05, 0) is 76.4 Å². The van der Waals surface area contributed by atoms with E-state index in [2.05, 4.69) is 66.4 Å². The molecule has 0 aromatic rings. The fourth-order valence-electron chi connectivity index (χ4n) is 5.42. The molecule has 25 heavy (non-hydrogen) atoms. The summed E-state index contributed by atoms with van der Waals surface area (Å²) in [6.07, 6.45) is 10.2. The van der Waals surface area contributed by atoms with Crippen molar-refractivity contribution in [1.29, 1.82) is 0 Å². The second kappa shape index (κ2) is 7.30. The van der Waals surface area contributed by atoms with Crippen LogP contribution in [-0.2, 0) is 9.22 Å². The first-order valence-corrected chi connectivity index (χ1v) is 13.7. The molecule has 2 saturated carbocycles. The Balaban J connectivity index is 2.05. The highest BCUT2D eigenvalue weighted by atomic mass is 28.4. The van der Waals surface area contributed by atoms with E-state index in [0.29, 0.717) is 29.5 Å². The minimum atomic E-state index is -1.55. The van der Waals surface area contributed by atoms with Crippen molar-refractivity contribution in [3.63, 3.8) is 0 Å². The van der Waals surface area contributed by atoms with Crippen LogP contribution in [-0.4, -0.2) is 19.7 Å². The summed E-state index contributed by atoms with van der Waals surface area (Å²) in [5.74, 6) is 2.42. The van der Waals surface area contributed by atoms with Crippen LogP contribution in [0, 0.1) is 29.1 Å². The van der Waals surface area contributed by atoms with Gasteiger partial charge in [-0.3, -0.25) is 4.79 Å². The summed E-state index contributed by atoms with van der Waals surface area (Å²) in [5, 5.41) is 0. The lowest BCUT2D eigenvalue weighted by atomic mass is 9.62. The van der Waals surface area contributed by atoms with Crippen molar-refractivity contribution >= 4 is 14.1 Å². The van der Waals surface area contributed by atoms with Gasteiger partial charge in [0.2, 0.25) is 0 Å². The molecule has 0 unspecified atom stereocenters. The molecule has 2 aliphatic rings. The average molecular weight is 365 g/mol. The van der Waals surface area contributed by atoms with Crippen molar-refractivity contribution in [2.24, 2.45) is 29.1 Å². The minimum Gasteiger partial charge on any atom is -0.412 e. The second-order valence-corrected chi connectivity index (χ2v) is 14.8. The summed E-state index contributed by atoms with van der Waals surface area (Å²) in [7, 11) is -1.55. The topological polar surface area (TPSA) is 26.3 Å². The maximum absolute atomic E-state index is 12.3. The van der Waals surface area contributed by atoms with Gasteiger partial charge in [-0.2, -0.15) is 0 Å². The Hall–Kier alpha value is -0.413. The normalized spacial score (nSPS) is 33.5. The van der Waals surface area contributed by atoms with Crippen molar-refractivity contribution in [3.05, 3.63) is 12.2 Å². The van der Waals surface area contributed by atoms with Crippen LogP contribution in [0.4, 0.5) is 0 Å². The zero-order valence-electron chi connectivity index (χ0n) is 17.8. The number of ketones is 1. The number of carbonyl (C=O) groups is 1. The van der Waals surface area contributed by atoms with Gasteiger partial charge in [0.15, 0.2) is 8.32 Å². The molecular formula is C22H40O2Si. The molecule has 0 bridgehead atoms. The highest BCUT2D eigenvalue weighted by Gasteiger charge is 2.52. The van der Waals surface area contributed by atoms with E-state index in [1.165, 1.54) is 12.8 Å². The number of hydrogen-bond acceptors (Lipinski definition) is 2. The van der Waals surface area contributed by atoms with Gasteiger partial charge >= 0.3 is 0 Å². The first kappa shape index (κ1) is 20.9. The Morgan fingerprint density at radius 1 is 1.20 bits per heavy atom. The van der Waals surface area contributed by atoms with Crippen molar-refractivity contribution < 1.29 is 9.22 Å². The zero-order valence-corrected chi connectivity index (χ0v) is 18.8. The summed E-state index contributed by atoms with van der Waals surface area (Å²) in [6, 6.07) is 0. The molecular weight excluding hydrogens is 324 g/mol. The third kappa shape index (κ3) is 4.66. The van der Waals surface area contributed by atoms with Crippen molar-refractivity contribution in [1.82, 2.24) is 0 Å². The Kier molecular flexibility index (Phi) is 6.10. The predicted molar refractivity (Wildman–Crippen MR) is 109 cm³/mol. The number of carbonyl (C=O) groups excluding carboxylic acids is 1. The number of Topliss-reactive ketones (excluding diaryl/α,β-unsaturated/α-hetero) is 1. The lowest BCUT2D eigenvalue weighted by molar-refractivity contribution is -0.129. The van der Waals surface area contributed by atoms with Gasteiger partial charge in [0.05, 0.1) is 5.60 Å². The standard InChI is InChI=1S/C22H40O2Si/c1-16(11-12-17(2)21(3,4)24-25(6,7)8)18-13-14-19-20(23)10-9-15-22(18,19)5/h11-12,16-19H,9-10,13-15H2,1-8H3/t16-,17+,18+,19-,22+/m0/s1. The Labute approximate surface area is 156 Å². The lowest BCUT2D eigenvalue weighted by Gasteiger charge is -2.42. The van der Waals surface area contributed by atoms with Crippen LogP contribution < -0.4 is 0 Å².